The number of nitrogens with two attached hydrogens (primary N) is 1. The SMILES string of the molecule is CC(C)C[C@@H](C(=O)N[C@@H](C[C@@H]1CCNC1=O)C(=O)COC(F)(F)F)N1CCCC(C(N)=O)C1=O. The van der Waals surface area contributed by atoms with E-state index in [9.17, 15) is 37.1 Å². The van der Waals surface area contributed by atoms with Gasteiger partial charge in [0, 0.05) is 19.0 Å². The quantitative estimate of drug-likeness (QED) is 0.352. The molecule has 1 unspecified atom stereocenters. The molecule has 192 valence electrons. The molecule has 0 radical (unpaired) electrons. The summed E-state index contributed by atoms with van der Waals surface area (Å²) in [4.78, 5) is 63.5. The first kappa shape index (κ1) is 27.5. The first-order chi connectivity index (χ1) is 15.8. The minimum Gasteiger partial charge on any atom is -0.369 e. The largest absolute Gasteiger partial charge is 0.522 e. The molecule has 0 spiro atoms. The monoisotopic (exact) mass is 492 g/mol. The number of Topliss-reactive ketones (excluding diaryl/α,β-unsaturated/α-hetero) is 1. The van der Waals surface area contributed by atoms with Gasteiger partial charge in [0.2, 0.25) is 23.6 Å². The Labute approximate surface area is 195 Å². The zero-order valence-electron chi connectivity index (χ0n) is 19.2. The van der Waals surface area contributed by atoms with Gasteiger partial charge in [-0.1, -0.05) is 13.8 Å². The molecule has 4 atom stereocenters. The minimum atomic E-state index is -5.04. The summed E-state index contributed by atoms with van der Waals surface area (Å²) in [5.74, 6) is -5.37. The molecule has 0 bridgehead atoms. The van der Waals surface area contributed by atoms with Gasteiger partial charge in [0.1, 0.15) is 18.6 Å². The second-order valence-electron chi connectivity index (χ2n) is 9.05. The summed E-state index contributed by atoms with van der Waals surface area (Å²) in [6.07, 6.45) is -4.01. The highest BCUT2D eigenvalue weighted by Gasteiger charge is 2.41. The molecule has 0 aliphatic carbocycles. The Morgan fingerprint density at radius 1 is 1.24 bits per heavy atom. The van der Waals surface area contributed by atoms with Crippen LogP contribution in [0.25, 0.3) is 0 Å². The zero-order chi connectivity index (χ0) is 25.6. The fourth-order valence-electron chi connectivity index (χ4n) is 4.24. The van der Waals surface area contributed by atoms with Gasteiger partial charge in [-0.15, -0.1) is 13.2 Å². The zero-order valence-corrected chi connectivity index (χ0v) is 19.2. The van der Waals surface area contributed by atoms with Gasteiger partial charge in [-0.25, -0.2) is 0 Å². The van der Waals surface area contributed by atoms with E-state index < -0.39 is 60.4 Å². The number of ketones is 1. The number of amides is 4. The number of piperidine rings is 1. The first-order valence-corrected chi connectivity index (χ1v) is 11.2. The normalized spacial score (nSPS) is 22.9. The Morgan fingerprint density at radius 3 is 2.44 bits per heavy atom. The molecule has 0 aromatic heterocycles. The van der Waals surface area contributed by atoms with Crippen molar-refractivity contribution in [3.63, 3.8) is 0 Å². The highest BCUT2D eigenvalue weighted by Crippen LogP contribution is 2.24. The summed E-state index contributed by atoms with van der Waals surface area (Å²) >= 11 is 0. The predicted octanol–water partition coefficient (Wildman–Crippen LogP) is 0.242. The Bertz CT molecular complexity index is 804. The van der Waals surface area contributed by atoms with E-state index in [1.165, 1.54) is 4.90 Å². The number of carbonyl (C=O) groups excluding carboxylic acids is 5. The molecule has 0 saturated carbocycles. The molecule has 2 aliphatic heterocycles. The number of rotatable bonds is 11. The van der Waals surface area contributed by atoms with Crippen LogP contribution in [-0.4, -0.2) is 72.5 Å². The van der Waals surface area contributed by atoms with Crippen molar-refractivity contribution in [1.29, 1.82) is 0 Å². The molecule has 2 rings (SSSR count). The molecule has 4 amide bonds. The summed E-state index contributed by atoms with van der Waals surface area (Å²) in [7, 11) is 0. The van der Waals surface area contributed by atoms with Crippen molar-refractivity contribution < 1.29 is 41.9 Å². The second-order valence-corrected chi connectivity index (χ2v) is 9.05. The average molecular weight is 492 g/mol. The van der Waals surface area contributed by atoms with Crippen molar-refractivity contribution in [1.82, 2.24) is 15.5 Å². The minimum absolute atomic E-state index is 0.0687. The first-order valence-electron chi connectivity index (χ1n) is 11.2. The average Bonchev–Trinajstić information content (AvgIpc) is 3.13. The number of hydrogen-bond donors (Lipinski definition) is 3. The summed E-state index contributed by atoms with van der Waals surface area (Å²) in [5, 5.41) is 5.02. The molecular weight excluding hydrogens is 461 g/mol. The number of alkyl halides is 3. The molecule has 0 aromatic rings. The van der Waals surface area contributed by atoms with E-state index in [0.717, 1.165) is 0 Å². The van der Waals surface area contributed by atoms with Crippen LogP contribution in [0.2, 0.25) is 0 Å². The molecule has 2 fully saturated rings. The topological polar surface area (TPSA) is 148 Å². The van der Waals surface area contributed by atoms with Gasteiger partial charge >= 0.3 is 6.36 Å². The fraction of sp³-hybridized carbons (Fsp3) is 0.762. The van der Waals surface area contributed by atoms with Crippen LogP contribution in [-0.2, 0) is 28.7 Å². The third-order valence-corrected chi connectivity index (χ3v) is 5.96. The van der Waals surface area contributed by atoms with E-state index in [2.05, 4.69) is 15.4 Å². The maximum atomic E-state index is 13.2. The van der Waals surface area contributed by atoms with Crippen LogP contribution in [0.15, 0.2) is 0 Å². The highest BCUT2D eigenvalue weighted by molar-refractivity contribution is 6.02. The molecule has 34 heavy (non-hydrogen) atoms. The maximum Gasteiger partial charge on any atom is 0.522 e. The summed E-state index contributed by atoms with van der Waals surface area (Å²) in [5.41, 5.74) is 5.32. The van der Waals surface area contributed by atoms with E-state index in [4.69, 9.17) is 5.73 Å². The summed E-state index contributed by atoms with van der Waals surface area (Å²) < 4.78 is 41.0. The molecule has 10 nitrogen and oxygen atoms in total. The lowest BCUT2D eigenvalue weighted by Crippen LogP contribution is -2.58. The number of ether oxygens (including phenoxy) is 1. The van der Waals surface area contributed by atoms with E-state index in [0.29, 0.717) is 19.4 Å². The molecule has 2 saturated heterocycles. The van der Waals surface area contributed by atoms with Crippen LogP contribution in [0.5, 0.6) is 0 Å². The van der Waals surface area contributed by atoms with Gasteiger partial charge in [-0.2, -0.15) is 0 Å². The van der Waals surface area contributed by atoms with Crippen molar-refractivity contribution in [2.24, 2.45) is 23.5 Å². The standard InChI is InChI=1S/C21H31F3N4O6/c1-11(2)8-15(28-7-3-4-13(17(25)30)20(28)33)19(32)27-14(9-12-5-6-26-18(12)31)16(29)10-34-21(22,23)24/h11-15H,3-10H2,1-2H3,(H2,25,30)(H,26,31)(H,27,32)/t12-,13?,14-,15-/m0/s1. The maximum absolute atomic E-state index is 13.2. The van der Waals surface area contributed by atoms with E-state index in [1.54, 1.807) is 0 Å². The Hall–Kier alpha value is -2.70. The van der Waals surface area contributed by atoms with Crippen molar-refractivity contribution in [2.75, 3.05) is 19.7 Å². The lowest BCUT2D eigenvalue weighted by molar-refractivity contribution is -0.321. The van der Waals surface area contributed by atoms with Crippen LogP contribution in [0, 0.1) is 17.8 Å². The third kappa shape index (κ3) is 7.67. The van der Waals surface area contributed by atoms with Crippen LogP contribution in [0.3, 0.4) is 0 Å². The second kappa shape index (κ2) is 11.6. The van der Waals surface area contributed by atoms with Crippen LogP contribution in [0.1, 0.15) is 46.0 Å². The predicted molar refractivity (Wildman–Crippen MR) is 112 cm³/mol. The molecule has 13 heteroatoms. The van der Waals surface area contributed by atoms with Crippen LogP contribution >= 0.6 is 0 Å². The van der Waals surface area contributed by atoms with Gasteiger partial charge in [-0.05, 0) is 38.0 Å². The molecule has 2 heterocycles. The highest BCUT2D eigenvalue weighted by atomic mass is 19.4. The number of likely N-dealkylation sites (tertiary alicyclic amines) is 1. The van der Waals surface area contributed by atoms with E-state index in [-0.39, 0.29) is 37.6 Å². The lowest BCUT2D eigenvalue weighted by Gasteiger charge is -2.37. The Kier molecular flexibility index (Phi) is 9.42. The number of primary amides is 1. The number of hydrogen-bond acceptors (Lipinski definition) is 6. The number of nitrogens with one attached hydrogen (secondary N) is 2. The van der Waals surface area contributed by atoms with Gasteiger partial charge in [0.25, 0.3) is 0 Å². The van der Waals surface area contributed by atoms with Crippen molar-refractivity contribution in [3.05, 3.63) is 0 Å². The summed E-state index contributed by atoms with van der Waals surface area (Å²) in [6, 6.07) is -2.49. The Morgan fingerprint density at radius 2 is 1.91 bits per heavy atom. The van der Waals surface area contributed by atoms with E-state index in [1.807, 2.05) is 13.8 Å². The fourth-order valence-corrected chi connectivity index (χ4v) is 4.24. The van der Waals surface area contributed by atoms with Crippen molar-refractivity contribution in [3.8, 4) is 0 Å². The van der Waals surface area contributed by atoms with Gasteiger partial charge in [0.15, 0.2) is 5.78 Å². The van der Waals surface area contributed by atoms with Crippen molar-refractivity contribution >= 4 is 29.4 Å². The number of carbonyl (C=O) groups is 5. The van der Waals surface area contributed by atoms with Crippen molar-refractivity contribution in [2.45, 2.75) is 64.4 Å². The van der Waals surface area contributed by atoms with Crippen LogP contribution in [0.4, 0.5) is 13.2 Å². The molecule has 2 aliphatic rings. The Balaban J connectivity index is 2.23. The number of halogens is 3. The van der Waals surface area contributed by atoms with Gasteiger partial charge in [-0.3, -0.25) is 28.7 Å². The summed E-state index contributed by atoms with van der Waals surface area (Å²) in [6.45, 7) is 2.83. The van der Waals surface area contributed by atoms with E-state index >= 15 is 0 Å². The van der Waals surface area contributed by atoms with Crippen LogP contribution < -0.4 is 16.4 Å². The third-order valence-electron chi connectivity index (χ3n) is 5.96. The smallest absolute Gasteiger partial charge is 0.369 e. The molecule has 4 N–H and O–H groups in total. The molecular formula is C21H31F3N4O6. The number of nitrogens with zero attached hydrogens (tertiary/aromatic N) is 1. The lowest BCUT2D eigenvalue weighted by atomic mass is 9.91. The van der Waals surface area contributed by atoms with Gasteiger partial charge in [0.05, 0.1) is 6.04 Å². The van der Waals surface area contributed by atoms with Gasteiger partial charge < -0.3 is 21.3 Å². The molecule has 0 aromatic carbocycles.